The quantitative estimate of drug-likeness (QED) is 0.675. The molecular formula is C22H29F3N4O3. The minimum atomic E-state index is -4.38. The van der Waals surface area contributed by atoms with Crippen LogP contribution in [0.1, 0.15) is 22.5 Å². The molecule has 10 heteroatoms. The van der Waals surface area contributed by atoms with Gasteiger partial charge in [-0.25, -0.2) is 4.79 Å². The molecule has 32 heavy (non-hydrogen) atoms. The van der Waals surface area contributed by atoms with Crippen molar-refractivity contribution in [2.45, 2.75) is 39.1 Å². The second-order valence-electron chi connectivity index (χ2n) is 8.18. The zero-order chi connectivity index (χ0) is 23.3. The van der Waals surface area contributed by atoms with Gasteiger partial charge in [0.05, 0.1) is 37.1 Å². The molecule has 0 radical (unpaired) electrons. The molecule has 1 aliphatic rings. The number of nitrogens with one attached hydrogen (secondary N) is 1. The third-order valence-electron chi connectivity index (χ3n) is 5.51. The summed E-state index contributed by atoms with van der Waals surface area (Å²) in [5.74, 6) is -0.303. The Labute approximate surface area is 185 Å². The van der Waals surface area contributed by atoms with Gasteiger partial charge in [-0.3, -0.25) is 4.68 Å². The summed E-state index contributed by atoms with van der Waals surface area (Å²) in [5, 5.41) is 16.9. The summed E-state index contributed by atoms with van der Waals surface area (Å²) in [4.78, 5) is 14.3. The van der Waals surface area contributed by atoms with Crippen LogP contribution in [-0.2, 0) is 23.9 Å². The first kappa shape index (κ1) is 24.1. The van der Waals surface area contributed by atoms with Crippen LogP contribution in [0.2, 0.25) is 0 Å². The van der Waals surface area contributed by atoms with Crippen LogP contribution in [0.5, 0.6) is 0 Å². The van der Waals surface area contributed by atoms with Crippen LogP contribution >= 0.6 is 0 Å². The van der Waals surface area contributed by atoms with Gasteiger partial charge in [0.2, 0.25) is 0 Å². The van der Waals surface area contributed by atoms with Crippen LogP contribution in [0.15, 0.2) is 30.3 Å². The maximum absolute atomic E-state index is 12.7. The van der Waals surface area contributed by atoms with Crippen molar-refractivity contribution in [3.8, 4) is 0 Å². The van der Waals surface area contributed by atoms with Crippen LogP contribution in [0, 0.1) is 19.8 Å². The number of aromatic nitrogens is 2. The Hall–Kier alpha value is -2.59. The van der Waals surface area contributed by atoms with Crippen LogP contribution < -0.4 is 5.32 Å². The Kier molecular flexibility index (Phi) is 7.78. The maximum atomic E-state index is 12.7. The Morgan fingerprint density at radius 1 is 1.31 bits per heavy atom. The van der Waals surface area contributed by atoms with E-state index in [2.05, 4.69) is 10.4 Å². The highest BCUT2D eigenvalue weighted by molar-refractivity contribution is 5.74. The summed E-state index contributed by atoms with van der Waals surface area (Å²) in [5.41, 5.74) is 1.91. The van der Waals surface area contributed by atoms with E-state index in [0.717, 1.165) is 23.5 Å². The van der Waals surface area contributed by atoms with Crippen LogP contribution in [0.25, 0.3) is 0 Å². The summed E-state index contributed by atoms with van der Waals surface area (Å²) in [6.45, 7) is 5.78. The van der Waals surface area contributed by atoms with Crippen molar-refractivity contribution in [1.82, 2.24) is 20.0 Å². The number of morpholine rings is 1. The number of aliphatic hydroxyl groups is 1. The molecule has 1 fully saturated rings. The number of aliphatic hydroxyl groups excluding tert-OH is 1. The molecule has 2 N–H and O–H groups in total. The van der Waals surface area contributed by atoms with E-state index in [-0.39, 0.29) is 31.2 Å². The minimum Gasteiger partial charge on any atom is -0.396 e. The van der Waals surface area contributed by atoms with Gasteiger partial charge in [-0.05, 0) is 44.0 Å². The van der Waals surface area contributed by atoms with Crippen molar-refractivity contribution in [3.63, 3.8) is 0 Å². The van der Waals surface area contributed by atoms with E-state index in [4.69, 9.17) is 4.74 Å². The van der Waals surface area contributed by atoms with E-state index in [1.807, 2.05) is 24.6 Å². The molecule has 2 heterocycles. The molecule has 2 unspecified atom stereocenters. The Bertz CT molecular complexity index is 899. The number of halogens is 3. The zero-order valence-electron chi connectivity index (χ0n) is 18.2. The van der Waals surface area contributed by atoms with Gasteiger partial charge in [0.15, 0.2) is 0 Å². The molecule has 0 aliphatic carbocycles. The van der Waals surface area contributed by atoms with Gasteiger partial charge in [-0.2, -0.15) is 18.3 Å². The number of hydrogen-bond acceptors (Lipinski definition) is 4. The number of alkyl halides is 3. The number of carbonyl (C=O) groups is 1. The first-order chi connectivity index (χ1) is 15.2. The van der Waals surface area contributed by atoms with E-state index < -0.39 is 11.7 Å². The van der Waals surface area contributed by atoms with Gasteiger partial charge >= 0.3 is 12.2 Å². The lowest BCUT2D eigenvalue weighted by Crippen LogP contribution is -2.51. The number of carbonyl (C=O) groups excluding carboxylic acids is 1. The normalized spacial score (nSPS) is 17.9. The summed E-state index contributed by atoms with van der Waals surface area (Å²) in [7, 11) is 0. The van der Waals surface area contributed by atoms with Crippen molar-refractivity contribution < 1.29 is 27.8 Å². The lowest BCUT2D eigenvalue weighted by atomic mass is 9.99. The second-order valence-corrected chi connectivity index (χ2v) is 8.18. The topological polar surface area (TPSA) is 79.6 Å². The van der Waals surface area contributed by atoms with E-state index in [1.54, 1.807) is 4.90 Å². The van der Waals surface area contributed by atoms with Gasteiger partial charge in [0.25, 0.3) is 0 Å². The predicted molar refractivity (Wildman–Crippen MR) is 112 cm³/mol. The Balaban J connectivity index is 1.49. The van der Waals surface area contributed by atoms with Gasteiger partial charge < -0.3 is 20.1 Å². The molecule has 176 valence electrons. The third kappa shape index (κ3) is 6.46. The molecule has 7 nitrogen and oxygen atoms in total. The molecule has 0 bridgehead atoms. The third-order valence-corrected chi connectivity index (χ3v) is 5.51. The fraction of sp³-hybridized carbons (Fsp3) is 0.545. The van der Waals surface area contributed by atoms with Crippen molar-refractivity contribution in [2.75, 3.05) is 32.8 Å². The molecule has 2 atom stereocenters. The fourth-order valence-corrected chi connectivity index (χ4v) is 3.77. The molecule has 1 aromatic heterocycles. The lowest BCUT2D eigenvalue weighted by Gasteiger charge is -2.33. The molecule has 1 aromatic carbocycles. The SMILES string of the molecule is Cc1cc(C)n(CC2CN(C(=O)NCC(CO)Cc3ccc(C(F)(F)F)cc3)CCO2)n1. The monoisotopic (exact) mass is 454 g/mol. The van der Waals surface area contributed by atoms with Crippen molar-refractivity contribution in [1.29, 1.82) is 0 Å². The molecule has 0 saturated carbocycles. The van der Waals surface area contributed by atoms with Gasteiger partial charge in [-0.15, -0.1) is 0 Å². The van der Waals surface area contributed by atoms with Crippen molar-refractivity contribution >= 4 is 6.03 Å². The number of ether oxygens (including phenoxy) is 1. The molecule has 2 aromatic rings. The lowest BCUT2D eigenvalue weighted by molar-refractivity contribution is -0.137. The Morgan fingerprint density at radius 2 is 2.03 bits per heavy atom. The summed E-state index contributed by atoms with van der Waals surface area (Å²) in [6, 6.07) is 6.59. The van der Waals surface area contributed by atoms with Crippen LogP contribution in [0.4, 0.5) is 18.0 Å². The summed E-state index contributed by atoms with van der Waals surface area (Å²) >= 11 is 0. The van der Waals surface area contributed by atoms with Gasteiger partial charge in [-0.1, -0.05) is 12.1 Å². The standard InChI is InChI=1S/C22H29F3N4O3/c1-15-9-16(2)29(27-15)13-20-12-28(7-8-32-20)21(31)26-11-18(14-30)10-17-3-5-19(6-4-17)22(23,24)25/h3-6,9,18,20,30H,7-8,10-14H2,1-2H3,(H,26,31). The zero-order valence-corrected chi connectivity index (χ0v) is 18.2. The van der Waals surface area contributed by atoms with Crippen LogP contribution in [0.3, 0.4) is 0 Å². The average Bonchev–Trinajstić information content (AvgIpc) is 3.07. The van der Waals surface area contributed by atoms with E-state index in [0.29, 0.717) is 38.2 Å². The van der Waals surface area contributed by atoms with Crippen LogP contribution in [-0.4, -0.2) is 64.8 Å². The van der Waals surface area contributed by atoms with E-state index >= 15 is 0 Å². The number of amides is 2. The molecular weight excluding hydrogens is 425 g/mol. The smallest absolute Gasteiger partial charge is 0.396 e. The number of hydrogen-bond donors (Lipinski definition) is 2. The molecule has 0 spiro atoms. The van der Waals surface area contributed by atoms with E-state index in [1.165, 1.54) is 12.1 Å². The van der Waals surface area contributed by atoms with Crippen molar-refractivity contribution in [2.24, 2.45) is 5.92 Å². The van der Waals surface area contributed by atoms with Crippen molar-refractivity contribution in [3.05, 3.63) is 52.8 Å². The number of nitrogens with zero attached hydrogens (tertiary/aromatic N) is 3. The predicted octanol–water partition coefficient (Wildman–Crippen LogP) is 2.78. The summed E-state index contributed by atoms with van der Waals surface area (Å²) in [6.07, 6.45) is -4.19. The van der Waals surface area contributed by atoms with Gasteiger partial charge in [0.1, 0.15) is 0 Å². The Morgan fingerprint density at radius 3 is 2.62 bits per heavy atom. The minimum absolute atomic E-state index is 0.173. The highest BCUT2D eigenvalue weighted by Crippen LogP contribution is 2.29. The van der Waals surface area contributed by atoms with Gasteiger partial charge in [0, 0.05) is 31.3 Å². The number of aryl methyl sites for hydroxylation is 2. The number of rotatable bonds is 7. The average molecular weight is 454 g/mol. The highest BCUT2D eigenvalue weighted by Gasteiger charge is 2.30. The number of benzene rings is 1. The fourth-order valence-electron chi connectivity index (χ4n) is 3.77. The second kappa shape index (κ2) is 10.4. The molecule has 3 rings (SSSR count). The first-order valence-corrected chi connectivity index (χ1v) is 10.6. The maximum Gasteiger partial charge on any atom is 0.416 e. The summed E-state index contributed by atoms with van der Waals surface area (Å²) < 4.78 is 45.7. The highest BCUT2D eigenvalue weighted by atomic mass is 19.4. The van der Waals surface area contributed by atoms with E-state index in [9.17, 15) is 23.1 Å². The molecule has 1 saturated heterocycles. The molecule has 1 aliphatic heterocycles. The first-order valence-electron chi connectivity index (χ1n) is 10.6. The number of urea groups is 1. The molecule has 2 amide bonds. The largest absolute Gasteiger partial charge is 0.416 e.